The van der Waals surface area contributed by atoms with Gasteiger partial charge in [0.15, 0.2) is 0 Å². The maximum atomic E-state index is 12.6. The fourth-order valence-corrected chi connectivity index (χ4v) is 4.62. The summed E-state index contributed by atoms with van der Waals surface area (Å²) in [6.07, 6.45) is 1.42. The lowest BCUT2D eigenvalue weighted by Gasteiger charge is -2.32. The molecule has 1 heterocycles. The molecule has 7 nitrogen and oxygen atoms in total. The molecule has 0 atom stereocenters. The minimum Gasteiger partial charge on any atom is -0.299 e. The summed E-state index contributed by atoms with van der Waals surface area (Å²) in [7, 11) is -3.78. The van der Waals surface area contributed by atoms with Crippen LogP contribution in [0.4, 0.5) is 5.69 Å². The lowest BCUT2D eigenvalue weighted by Crippen LogP contribution is -2.44. The lowest BCUT2D eigenvalue weighted by atomic mass is 10.1. The summed E-state index contributed by atoms with van der Waals surface area (Å²) in [5.74, 6) is 0. The highest BCUT2D eigenvalue weighted by molar-refractivity contribution is 7.89. The molecule has 8 heteroatoms. The molecular weight excluding hydrogens is 366 g/mol. The summed E-state index contributed by atoms with van der Waals surface area (Å²) in [5.41, 5.74) is 1.49. The number of nitro benzene ring substituents is 1. The zero-order chi connectivity index (χ0) is 19.4. The second-order valence-corrected chi connectivity index (χ2v) is 8.58. The van der Waals surface area contributed by atoms with Crippen molar-refractivity contribution >= 4 is 15.7 Å². The number of sulfonamides is 1. The summed E-state index contributed by atoms with van der Waals surface area (Å²) in [6.45, 7) is 4.04. The highest BCUT2D eigenvalue weighted by Gasteiger charge is 2.26. The first-order chi connectivity index (χ1) is 12.8. The number of hydrogen-bond acceptors (Lipinski definition) is 5. The number of benzene rings is 2. The highest BCUT2D eigenvalue weighted by Crippen LogP contribution is 2.23. The van der Waals surface area contributed by atoms with Gasteiger partial charge in [0.1, 0.15) is 0 Å². The van der Waals surface area contributed by atoms with Crippen LogP contribution in [0.25, 0.3) is 0 Å². The minimum atomic E-state index is -3.78. The van der Waals surface area contributed by atoms with E-state index >= 15 is 0 Å². The Bertz CT molecular complexity index is 908. The Labute approximate surface area is 159 Å². The minimum absolute atomic E-state index is 0.0634. The van der Waals surface area contributed by atoms with E-state index in [1.54, 1.807) is 6.92 Å². The molecule has 27 heavy (non-hydrogen) atoms. The van der Waals surface area contributed by atoms with Gasteiger partial charge in [-0.05, 0) is 31.4 Å². The molecule has 0 bridgehead atoms. The molecule has 2 aromatic rings. The van der Waals surface area contributed by atoms with Crippen LogP contribution >= 0.6 is 0 Å². The summed E-state index contributed by atoms with van der Waals surface area (Å²) < 4.78 is 27.9. The number of piperidine rings is 1. The van der Waals surface area contributed by atoms with Gasteiger partial charge in [0, 0.05) is 37.3 Å². The van der Waals surface area contributed by atoms with Crippen molar-refractivity contribution in [3.63, 3.8) is 0 Å². The monoisotopic (exact) mass is 389 g/mol. The average molecular weight is 389 g/mol. The number of aryl methyl sites for hydroxylation is 1. The second-order valence-electron chi connectivity index (χ2n) is 6.86. The van der Waals surface area contributed by atoms with Crippen LogP contribution in [0.1, 0.15) is 24.0 Å². The van der Waals surface area contributed by atoms with Gasteiger partial charge in [0.05, 0.1) is 9.82 Å². The van der Waals surface area contributed by atoms with Crippen LogP contribution < -0.4 is 4.72 Å². The molecule has 1 aliphatic heterocycles. The van der Waals surface area contributed by atoms with Gasteiger partial charge >= 0.3 is 0 Å². The Morgan fingerprint density at radius 3 is 2.44 bits per heavy atom. The van der Waals surface area contributed by atoms with Gasteiger partial charge in [-0.3, -0.25) is 15.0 Å². The van der Waals surface area contributed by atoms with Crippen molar-refractivity contribution in [2.75, 3.05) is 13.1 Å². The van der Waals surface area contributed by atoms with Gasteiger partial charge in [0.25, 0.3) is 5.69 Å². The summed E-state index contributed by atoms with van der Waals surface area (Å²) in [5, 5.41) is 11.1. The summed E-state index contributed by atoms with van der Waals surface area (Å²) in [6, 6.07) is 14.0. The second kappa shape index (κ2) is 8.16. The van der Waals surface area contributed by atoms with E-state index in [1.807, 2.05) is 18.2 Å². The van der Waals surface area contributed by atoms with Gasteiger partial charge in [-0.25, -0.2) is 13.1 Å². The van der Waals surface area contributed by atoms with Gasteiger partial charge in [-0.15, -0.1) is 0 Å². The van der Waals surface area contributed by atoms with Crippen LogP contribution in [0.15, 0.2) is 53.4 Å². The number of nitrogens with one attached hydrogen (secondary N) is 1. The molecule has 1 fully saturated rings. The molecule has 144 valence electrons. The SMILES string of the molecule is Cc1ccc(S(=O)(=O)NC2CCN(Cc3ccccc3)CC2)cc1[N+](=O)[O-]. The van der Waals surface area contributed by atoms with Crippen LogP contribution in [-0.4, -0.2) is 37.4 Å². The third kappa shape index (κ3) is 4.91. The van der Waals surface area contributed by atoms with E-state index in [1.165, 1.54) is 17.7 Å². The van der Waals surface area contributed by atoms with Gasteiger partial charge < -0.3 is 0 Å². The van der Waals surface area contributed by atoms with Crippen molar-refractivity contribution in [2.24, 2.45) is 0 Å². The molecule has 2 aromatic carbocycles. The Kier molecular flexibility index (Phi) is 5.88. The maximum Gasteiger partial charge on any atom is 0.273 e. The zero-order valence-corrected chi connectivity index (χ0v) is 16.0. The van der Waals surface area contributed by atoms with E-state index in [9.17, 15) is 18.5 Å². The molecule has 1 N–H and O–H groups in total. The zero-order valence-electron chi connectivity index (χ0n) is 15.2. The Hall–Kier alpha value is -2.29. The first-order valence-corrected chi connectivity index (χ1v) is 10.4. The quantitative estimate of drug-likeness (QED) is 0.606. The van der Waals surface area contributed by atoms with E-state index < -0.39 is 14.9 Å². The largest absolute Gasteiger partial charge is 0.299 e. The molecule has 1 aliphatic rings. The fraction of sp³-hybridized carbons (Fsp3) is 0.368. The van der Waals surface area contributed by atoms with Crippen LogP contribution in [0.5, 0.6) is 0 Å². The number of nitrogens with zero attached hydrogens (tertiary/aromatic N) is 2. The van der Waals surface area contributed by atoms with Crippen LogP contribution in [0, 0.1) is 17.0 Å². The molecule has 0 amide bonds. The molecule has 0 radical (unpaired) electrons. The predicted octanol–water partition coefficient (Wildman–Crippen LogP) is 2.85. The predicted molar refractivity (Wildman–Crippen MR) is 103 cm³/mol. The fourth-order valence-electron chi connectivity index (χ4n) is 3.29. The molecule has 0 unspecified atom stereocenters. The maximum absolute atomic E-state index is 12.6. The molecule has 0 aliphatic carbocycles. The molecule has 1 saturated heterocycles. The molecule has 0 aromatic heterocycles. The van der Waals surface area contributed by atoms with E-state index in [0.717, 1.165) is 25.7 Å². The van der Waals surface area contributed by atoms with Crippen molar-refractivity contribution in [3.05, 3.63) is 69.8 Å². The average Bonchev–Trinajstić information content (AvgIpc) is 2.64. The smallest absolute Gasteiger partial charge is 0.273 e. The third-order valence-electron chi connectivity index (χ3n) is 4.85. The van der Waals surface area contributed by atoms with Crippen molar-refractivity contribution in [1.29, 1.82) is 0 Å². The number of nitro groups is 1. The number of rotatable bonds is 6. The first-order valence-electron chi connectivity index (χ1n) is 8.89. The molecular formula is C19H23N3O4S. The molecule has 0 saturated carbocycles. The topological polar surface area (TPSA) is 92.6 Å². The van der Waals surface area contributed by atoms with Crippen molar-refractivity contribution < 1.29 is 13.3 Å². The van der Waals surface area contributed by atoms with E-state index in [-0.39, 0.29) is 16.6 Å². The normalized spacial score (nSPS) is 16.3. The lowest BCUT2D eigenvalue weighted by molar-refractivity contribution is -0.385. The Balaban J connectivity index is 1.61. The molecule has 3 rings (SSSR count). The van der Waals surface area contributed by atoms with E-state index in [0.29, 0.717) is 18.4 Å². The van der Waals surface area contributed by atoms with Crippen LogP contribution in [0.3, 0.4) is 0 Å². The van der Waals surface area contributed by atoms with Crippen LogP contribution in [0.2, 0.25) is 0 Å². The van der Waals surface area contributed by atoms with E-state index in [4.69, 9.17) is 0 Å². The van der Waals surface area contributed by atoms with Crippen molar-refractivity contribution in [3.8, 4) is 0 Å². The van der Waals surface area contributed by atoms with Gasteiger partial charge in [-0.2, -0.15) is 0 Å². The van der Waals surface area contributed by atoms with E-state index in [2.05, 4.69) is 21.8 Å². The number of likely N-dealkylation sites (tertiary alicyclic amines) is 1. The third-order valence-corrected chi connectivity index (χ3v) is 6.36. The van der Waals surface area contributed by atoms with Gasteiger partial charge in [0.2, 0.25) is 10.0 Å². The number of hydrogen-bond donors (Lipinski definition) is 1. The Morgan fingerprint density at radius 1 is 1.15 bits per heavy atom. The Morgan fingerprint density at radius 2 is 1.81 bits per heavy atom. The molecule has 0 spiro atoms. The highest BCUT2D eigenvalue weighted by atomic mass is 32.2. The summed E-state index contributed by atoms with van der Waals surface area (Å²) in [4.78, 5) is 12.7. The van der Waals surface area contributed by atoms with Crippen molar-refractivity contribution in [2.45, 2.75) is 37.2 Å². The van der Waals surface area contributed by atoms with Crippen molar-refractivity contribution in [1.82, 2.24) is 9.62 Å². The summed E-state index contributed by atoms with van der Waals surface area (Å²) >= 11 is 0. The van der Waals surface area contributed by atoms with Gasteiger partial charge in [-0.1, -0.05) is 36.4 Å². The standard InChI is InChI=1S/C19H23N3O4S/c1-15-7-8-18(13-19(15)22(23)24)27(25,26)20-17-9-11-21(12-10-17)14-16-5-3-2-4-6-16/h2-8,13,17,20H,9-12,14H2,1H3. The van der Waals surface area contributed by atoms with Crippen LogP contribution in [-0.2, 0) is 16.6 Å². The first kappa shape index (κ1) is 19.5.